The summed E-state index contributed by atoms with van der Waals surface area (Å²) in [4.78, 5) is 8.67. The van der Waals surface area contributed by atoms with Crippen LogP contribution in [0, 0.1) is 0 Å². The van der Waals surface area contributed by atoms with Crippen molar-refractivity contribution in [1.29, 1.82) is 0 Å². The van der Waals surface area contributed by atoms with Gasteiger partial charge in [-0.3, -0.25) is 0 Å². The minimum absolute atomic E-state index is 0.631. The molecular weight excluding hydrogens is 374 g/mol. The van der Waals surface area contributed by atoms with Gasteiger partial charge in [-0.2, -0.15) is 0 Å². The maximum Gasteiger partial charge on any atom is 0.145 e. The molecule has 1 aromatic heterocycles. The minimum Gasteiger partial charge on any atom is -0.497 e. The van der Waals surface area contributed by atoms with E-state index in [0.29, 0.717) is 17.3 Å². The lowest BCUT2D eigenvalue weighted by molar-refractivity contribution is 0.398. The Morgan fingerprint density at radius 3 is 2.42 bits per heavy atom. The van der Waals surface area contributed by atoms with Crippen LogP contribution in [0.3, 0.4) is 0 Å². The molecule has 0 radical (unpaired) electrons. The van der Waals surface area contributed by atoms with Crippen LogP contribution in [0.5, 0.6) is 17.2 Å². The molecule has 7 heteroatoms. The lowest BCUT2D eigenvalue weighted by Gasteiger charge is -2.14. The van der Waals surface area contributed by atoms with Gasteiger partial charge in [0.2, 0.25) is 0 Å². The predicted molar refractivity (Wildman–Crippen MR) is 96.6 cm³/mol. The Bertz CT molecular complexity index is 886. The number of nitrogens with one attached hydrogen (secondary N) is 1. The zero-order valence-electron chi connectivity index (χ0n) is 13.5. The van der Waals surface area contributed by atoms with Gasteiger partial charge in [0.1, 0.15) is 29.4 Å². The standard InChI is InChI=1S/C17H16BrN3O3/c1-22-10-4-5-12(18)13(6-10)21-17-16-14(19-9-20-17)7-11(23-2)8-15(16)24-3/h4-9H,1-3H3,(H,19,20,21). The lowest BCUT2D eigenvalue weighted by atomic mass is 10.2. The van der Waals surface area contributed by atoms with Crippen LogP contribution in [-0.2, 0) is 0 Å². The van der Waals surface area contributed by atoms with Gasteiger partial charge in [-0.15, -0.1) is 0 Å². The summed E-state index contributed by atoms with van der Waals surface area (Å²) in [6.45, 7) is 0. The van der Waals surface area contributed by atoms with E-state index < -0.39 is 0 Å². The first-order valence-electron chi connectivity index (χ1n) is 7.13. The second-order valence-electron chi connectivity index (χ2n) is 4.92. The van der Waals surface area contributed by atoms with Crippen molar-refractivity contribution in [2.45, 2.75) is 0 Å². The fourth-order valence-corrected chi connectivity index (χ4v) is 2.70. The quantitative estimate of drug-likeness (QED) is 0.706. The van der Waals surface area contributed by atoms with Crippen LogP contribution < -0.4 is 19.5 Å². The van der Waals surface area contributed by atoms with E-state index in [0.717, 1.165) is 26.8 Å². The highest BCUT2D eigenvalue weighted by molar-refractivity contribution is 9.10. The number of rotatable bonds is 5. The second kappa shape index (κ2) is 6.92. The third-order valence-electron chi connectivity index (χ3n) is 3.56. The number of benzene rings is 2. The second-order valence-corrected chi connectivity index (χ2v) is 5.77. The van der Waals surface area contributed by atoms with Gasteiger partial charge >= 0.3 is 0 Å². The van der Waals surface area contributed by atoms with Crippen molar-refractivity contribution < 1.29 is 14.2 Å². The van der Waals surface area contributed by atoms with E-state index in [4.69, 9.17) is 14.2 Å². The molecule has 0 amide bonds. The van der Waals surface area contributed by atoms with Crippen LogP contribution >= 0.6 is 15.9 Å². The van der Waals surface area contributed by atoms with Gasteiger partial charge in [0, 0.05) is 22.7 Å². The molecule has 1 heterocycles. The van der Waals surface area contributed by atoms with Crippen molar-refractivity contribution in [2.24, 2.45) is 0 Å². The van der Waals surface area contributed by atoms with E-state index in [2.05, 4.69) is 31.2 Å². The molecular formula is C17H16BrN3O3. The van der Waals surface area contributed by atoms with Gasteiger partial charge in [0.15, 0.2) is 0 Å². The molecule has 0 aliphatic heterocycles. The minimum atomic E-state index is 0.631. The van der Waals surface area contributed by atoms with Crippen LogP contribution in [0.1, 0.15) is 0 Å². The van der Waals surface area contributed by atoms with E-state index in [-0.39, 0.29) is 0 Å². The Hall–Kier alpha value is -2.54. The SMILES string of the molecule is COc1ccc(Br)c(Nc2ncnc3cc(OC)cc(OC)c23)c1. The molecule has 0 saturated heterocycles. The van der Waals surface area contributed by atoms with Crippen LogP contribution in [0.2, 0.25) is 0 Å². The monoisotopic (exact) mass is 389 g/mol. The van der Waals surface area contributed by atoms with Gasteiger partial charge < -0.3 is 19.5 Å². The molecule has 0 bridgehead atoms. The van der Waals surface area contributed by atoms with Gasteiger partial charge in [-0.05, 0) is 28.1 Å². The molecule has 0 aliphatic carbocycles. The van der Waals surface area contributed by atoms with E-state index in [1.54, 1.807) is 27.4 Å². The molecule has 0 unspecified atom stereocenters. The van der Waals surface area contributed by atoms with Gasteiger partial charge in [-0.1, -0.05) is 0 Å². The Kier molecular flexibility index (Phi) is 4.71. The smallest absolute Gasteiger partial charge is 0.145 e. The molecule has 0 atom stereocenters. The molecule has 1 N–H and O–H groups in total. The topological polar surface area (TPSA) is 65.5 Å². The molecule has 3 aromatic rings. The molecule has 24 heavy (non-hydrogen) atoms. The number of aromatic nitrogens is 2. The molecule has 124 valence electrons. The third kappa shape index (κ3) is 3.07. The summed E-state index contributed by atoms with van der Waals surface area (Å²) in [7, 11) is 4.84. The highest BCUT2D eigenvalue weighted by Gasteiger charge is 2.13. The summed E-state index contributed by atoms with van der Waals surface area (Å²) >= 11 is 3.53. The first-order valence-corrected chi connectivity index (χ1v) is 7.93. The van der Waals surface area contributed by atoms with E-state index >= 15 is 0 Å². The number of methoxy groups -OCH3 is 3. The van der Waals surface area contributed by atoms with Gasteiger partial charge in [0.25, 0.3) is 0 Å². The molecule has 0 spiro atoms. The number of ether oxygens (including phenoxy) is 3. The molecule has 6 nitrogen and oxygen atoms in total. The summed E-state index contributed by atoms with van der Waals surface area (Å²) in [5.74, 6) is 2.68. The summed E-state index contributed by atoms with van der Waals surface area (Å²) < 4.78 is 16.9. The van der Waals surface area contributed by atoms with Crippen molar-refractivity contribution in [3.8, 4) is 17.2 Å². The van der Waals surface area contributed by atoms with E-state index in [9.17, 15) is 0 Å². The van der Waals surface area contributed by atoms with E-state index in [1.165, 1.54) is 6.33 Å². The normalized spacial score (nSPS) is 10.5. The van der Waals surface area contributed by atoms with Crippen LogP contribution in [0.15, 0.2) is 41.1 Å². The lowest BCUT2D eigenvalue weighted by Crippen LogP contribution is -1.99. The number of hydrogen-bond acceptors (Lipinski definition) is 6. The van der Waals surface area contributed by atoms with Crippen molar-refractivity contribution >= 4 is 38.3 Å². The molecule has 2 aromatic carbocycles. The first-order chi connectivity index (χ1) is 11.7. The Labute approximate surface area is 147 Å². The van der Waals surface area contributed by atoms with E-state index in [1.807, 2.05) is 24.3 Å². The molecule has 0 saturated carbocycles. The predicted octanol–water partition coefficient (Wildman–Crippen LogP) is 4.16. The average molecular weight is 390 g/mol. The number of halogens is 1. The highest BCUT2D eigenvalue weighted by Crippen LogP contribution is 2.37. The summed E-state index contributed by atoms with van der Waals surface area (Å²) in [5, 5.41) is 4.08. The highest BCUT2D eigenvalue weighted by atomic mass is 79.9. The zero-order valence-corrected chi connectivity index (χ0v) is 15.0. The first kappa shape index (κ1) is 16.3. The average Bonchev–Trinajstić information content (AvgIpc) is 2.62. The van der Waals surface area contributed by atoms with Crippen LogP contribution in [0.4, 0.5) is 11.5 Å². The van der Waals surface area contributed by atoms with Gasteiger partial charge in [-0.25, -0.2) is 9.97 Å². The fraction of sp³-hybridized carbons (Fsp3) is 0.176. The van der Waals surface area contributed by atoms with Crippen LogP contribution in [0.25, 0.3) is 10.9 Å². The van der Waals surface area contributed by atoms with Crippen molar-refractivity contribution in [3.63, 3.8) is 0 Å². The number of nitrogens with zero attached hydrogens (tertiary/aromatic N) is 2. The summed E-state index contributed by atoms with van der Waals surface area (Å²) in [5.41, 5.74) is 1.55. The van der Waals surface area contributed by atoms with Crippen molar-refractivity contribution in [3.05, 3.63) is 41.1 Å². The van der Waals surface area contributed by atoms with Crippen LogP contribution in [-0.4, -0.2) is 31.3 Å². The zero-order chi connectivity index (χ0) is 17.1. The Morgan fingerprint density at radius 2 is 1.71 bits per heavy atom. The largest absolute Gasteiger partial charge is 0.497 e. The van der Waals surface area contributed by atoms with Crippen molar-refractivity contribution in [1.82, 2.24) is 9.97 Å². The number of fused-ring (bicyclic) bond motifs is 1. The summed E-state index contributed by atoms with van der Waals surface area (Å²) in [6.07, 6.45) is 1.50. The molecule has 0 aliphatic rings. The van der Waals surface area contributed by atoms with Gasteiger partial charge in [0.05, 0.1) is 37.9 Å². The summed E-state index contributed by atoms with van der Waals surface area (Å²) in [6, 6.07) is 9.31. The number of hydrogen-bond donors (Lipinski definition) is 1. The maximum absolute atomic E-state index is 5.49. The maximum atomic E-state index is 5.49. The number of anilines is 2. The molecule has 3 rings (SSSR count). The Balaban J connectivity index is 2.13. The molecule has 0 fully saturated rings. The van der Waals surface area contributed by atoms with Crippen molar-refractivity contribution in [2.75, 3.05) is 26.6 Å². The fourth-order valence-electron chi connectivity index (χ4n) is 2.36. The Morgan fingerprint density at radius 1 is 0.917 bits per heavy atom. The third-order valence-corrected chi connectivity index (χ3v) is 4.25.